The average molecular weight is 224 g/mol. The molecule has 16 heavy (non-hydrogen) atoms. The van der Waals surface area contributed by atoms with Crippen LogP contribution in [0.2, 0.25) is 0 Å². The van der Waals surface area contributed by atoms with Gasteiger partial charge in [-0.2, -0.15) is 0 Å². The van der Waals surface area contributed by atoms with E-state index in [-0.39, 0.29) is 0 Å². The summed E-state index contributed by atoms with van der Waals surface area (Å²) >= 11 is 0. The van der Waals surface area contributed by atoms with Crippen LogP contribution in [0.25, 0.3) is 0 Å². The van der Waals surface area contributed by atoms with Gasteiger partial charge in [0.15, 0.2) is 0 Å². The van der Waals surface area contributed by atoms with Crippen LogP contribution >= 0.6 is 0 Å². The van der Waals surface area contributed by atoms with Gasteiger partial charge in [-0.25, -0.2) is 0 Å². The van der Waals surface area contributed by atoms with Gasteiger partial charge in [0, 0.05) is 6.04 Å². The minimum atomic E-state index is 0.848. The Kier molecular flexibility index (Phi) is 5.64. The van der Waals surface area contributed by atoms with Crippen LogP contribution in [0.15, 0.2) is 0 Å². The Morgan fingerprint density at radius 2 is 1.62 bits per heavy atom. The second-order valence-corrected chi connectivity index (χ2v) is 5.54. The summed E-state index contributed by atoms with van der Waals surface area (Å²) in [5.74, 6) is 0. The molecule has 2 aliphatic rings. The number of likely N-dealkylation sites (tertiary alicyclic amines) is 1. The van der Waals surface area contributed by atoms with Crippen LogP contribution in [0.1, 0.15) is 57.8 Å². The zero-order valence-electron chi connectivity index (χ0n) is 10.7. The lowest BCUT2D eigenvalue weighted by molar-refractivity contribution is 0.322. The fraction of sp³-hybridized carbons (Fsp3) is 1.00. The Morgan fingerprint density at radius 3 is 2.38 bits per heavy atom. The van der Waals surface area contributed by atoms with Crippen LogP contribution in [-0.2, 0) is 0 Å². The van der Waals surface area contributed by atoms with E-state index in [2.05, 4.69) is 10.2 Å². The Morgan fingerprint density at radius 1 is 0.875 bits per heavy atom. The topological polar surface area (TPSA) is 15.3 Å². The smallest absolute Gasteiger partial charge is 0.00670 e. The summed E-state index contributed by atoms with van der Waals surface area (Å²) in [5, 5.41) is 3.73. The molecule has 2 fully saturated rings. The fourth-order valence-electron chi connectivity index (χ4n) is 3.08. The number of rotatable bonds is 6. The second kappa shape index (κ2) is 7.29. The minimum absolute atomic E-state index is 0.848. The Labute approximate surface area is 101 Å². The molecule has 0 aromatic rings. The number of nitrogens with one attached hydrogen (secondary N) is 1. The SMILES string of the molecule is C1CCC(NCCCCN2CCCC2)CC1. The molecule has 0 radical (unpaired) electrons. The van der Waals surface area contributed by atoms with Gasteiger partial charge in [-0.05, 0) is 64.7 Å². The number of hydrogen-bond acceptors (Lipinski definition) is 2. The first-order chi connectivity index (χ1) is 7.95. The van der Waals surface area contributed by atoms with E-state index in [1.54, 1.807) is 0 Å². The van der Waals surface area contributed by atoms with Crippen molar-refractivity contribution in [2.75, 3.05) is 26.2 Å². The van der Waals surface area contributed by atoms with Crippen LogP contribution in [0, 0.1) is 0 Å². The van der Waals surface area contributed by atoms with Crippen LogP contribution in [0.5, 0.6) is 0 Å². The van der Waals surface area contributed by atoms with E-state index in [1.165, 1.54) is 84.0 Å². The third-order valence-electron chi connectivity index (χ3n) is 4.14. The lowest BCUT2D eigenvalue weighted by Gasteiger charge is -2.23. The summed E-state index contributed by atoms with van der Waals surface area (Å²) in [5.41, 5.74) is 0. The van der Waals surface area contributed by atoms with Gasteiger partial charge in [-0.15, -0.1) is 0 Å². The lowest BCUT2D eigenvalue weighted by Crippen LogP contribution is -2.32. The van der Waals surface area contributed by atoms with E-state index in [0.29, 0.717) is 0 Å². The maximum Gasteiger partial charge on any atom is 0.00670 e. The van der Waals surface area contributed by atoms with Crippen molar-refractivity contribution in [1.29, 1.82) is 0 Å². The molecule has 0 unspecified atom stereocenters. The number of nitrogens with zero attached hydrogens (tertiary/aromatic N) is 1. The van der Waals surface area contributed by atoms with Gasteiger partial charge in [0.25, 0.3) is 0 Å². The first-order valence-electron chi connectivity index (χ1n) is 7.41. The van der Waals surface area contributed by atoms with Crippen molar-refractivity contribution >= 4 is 0 Å². The summed E-state index contributed by atoms with van der Waals surface area (Å²) in [6, 6.07) is 0.848. The second-order valence-electron chi connectivity index (χ2n) is 5.54. The maximum absolute atomic E-state index is 3.73. The highest BCUT2D eigenvalue weighted by atomic mass is 15.1. The highest BCUT2D eigenvalue weighted by molar-refractivity contribution is 4.72. The van der Waals surface area contributed by atoms with Gasteiger partial charge in [0.2, 0.25) is 0 Å². The van der Waals surface area contributed by atoms with E-state index in [4.69, 9.17) is 0 Å². The first kappa shape index (κ1) is 12.4. The van der Waals surface area contributed by atoms with Gasteiger partial charge in [0.05, 0.1) is 0 Å². The van der Waals surface area contributed by atoms with Crippen molar-refractivity contribution in [3.8, 4) is 0 Å². The normalized spacial score (nSPS) is 24.0. The molecule has 2 rings (SSSR count). The standard InChI is InChI=1S/C14H28N2/c1-2-8-14(9-3-1)15-10-4-5-11-16-12-6-7-13-16/h14-15H,1-13H2. The zero-order chi connectivity index (χ0) is 11.1. The molecular weight excluding hydrogens is 196 g/mol. The molecule has 94 valence electrons. The van der Waals surface area contributed by atoms with Crippen molar-refractivity contribution < 1.29 is 0 Å². The monoisotopic (exact) mass is 224 g/mol. The third kappa shape index (κ3) is 4.42. The largest absolute Gasteiger partial charge is 0.314 e. The predicted molar refractivity (Wildman–Crippen MR) is 69.8 cm³/mol. The molecule has 1 N–H and O–H groups in total. The molecule has 2 nitrogen and oxygen atoms in total. The van der Waals surface area contributed by atoms with Crippen LogP contribution in [0.3, 0.4) is 0 Å². The predicted octanol–water partition coefficient (Wildman–Crippen LogP) is 2.78. The van der Waals surface area contributed by atoms with Crippen molar-refractivity contribution in [3.63, 3.8) is 0 Å². The minimum Gasteiger partial charge on any atom is -0.314 e. The van der Waals surface area contributed by atoms with Gasteiger partial charge >= 0.3 is 0 Å². The molecule has 0 spiro atoms. The van der Waals surface area contributed by atoms with Gasteiger partial charge in [-0.3, -0.25) is 0 Å². The zero-order valence-corrected chi connectivity index (χ0v) is 10.7. The summed E-state index contributed by atoms with van der Waals surface area (Å²) in [6.45, 7) is 5.30. The van der Waals surface area contributed by atoms with Crippen LogP contribution < -0.4 is 5.32 Å². The van der Waals surface area contributed by atoms with Crippen molar-refractivity contribution in [2.45, 2.75) is 63.8 Å². The van der Waals surface area contributed by atoms with Gasteiger partial charge < -0.3 is 10.2 Å². The van der Waals surface area contributed by atoms with E-state index < -0.39 is 0 Å². The van der Waals surface area contributed by atoms with Crippen molar-refractivity contribution in [3.05, 3.63) is 0 Å². The van der Waals surface area contributed by atoms with E-state index >= 15 is 0 Å². The number of unbranched alkanes of at least 4 members (excludes halogenated alkanes) is 1. The third-order valence-corrected chi connectivity index (χ3v) is 4.14. The van der Waals surface area contributed by atoms with Gasteiger partial charge in [-0.1, -0.05) is 19.3 Å². The molecule has 0 aromatic heterocycles. The number of hydrogen-bond donors (Lipinski definition) is 1. The Balaban J connectivity index is 1.42. The van der Waals surface area contributed by atoms with Crippen molar-refractivity contribution in [2.24, 2.45) is 0 Å². The van der Waals surface area contributed by atoms with E-state index in [1.807, 2.05) is 0 Å². The molecule has 1 aliphatic carbocycles. The quantitative estimate of drug-likeness (QED) is 0.698. The summed E-state index contributed by atoms with van der Waals surface area (Å²) in [6.07, 6.45) is 12.8. The first-order valence-corrected chi connectivity index (χ1v) is 7.41. The summed E-state index contributed by atoms with van der Waals surface area (Å²) < 4.78 is 0. The van der Waals surface area contributed by atoms with E-state index in [0.717, 1.165) is 6.04 Å². The highest BCUT2D eigenvalue weighted by Gasteiger charge is 2.12. The Bertz CT molecular complexity index is 170. The molecular formula is C14H28N2. The average Bonchev–Trinajstić information content (AvgIpc) is 2.83. The molecule has 1 heterocycles. The molecule has 1 saturated carbocycles. The highest BCUT2D eigenvalue weighted by Crippen LogP contribution is 2.17. The maximum atomic E-state index is 3.73. The van der Waals surface area contributed by atoms with E-state index in [9.17, 15) is 0 Å². The van der Waals surface area contributed by atoms with Crippen LogP contribution in [0.4, 0.5) is 0 Å². The summed E-state index contributed by atoms with van der Waals surface area (Å²) in [4.78, 5) is 2.63. The molecule has 0 atom stereocenters. The molecule has 2 heteroatoms. The summed E-state index contributed by atoms with van der Waals surface area (Å²) in [7, 11) is 0. The molecule has 1 saturated heterocycles. The molecule has 0 aromatic carbocycles. The fourth-order valence-corrected chi connectivity index (χ4v) is 3.08. The van der Waals surface area contributed by atoms with Crippen LogP contribution in [-0.4, -0.2) is 37.1 Å². The molecule has 0 amide bonds. The molecule has 0 bridgehead atoms. The molecule has 1 aliphatic heterocycles. The Hall–Kier alpha value is -0.0800. The van der Waals surface area contributed by atoms with Gasteiger partial charge in [0.1, 0.15) is 0 Å². The van der Waals surface area contributed by atoms with Crippen molar-refractivity contribution in [1.82, 2.24) is 10.2 Å². The lowest BCUT2D eigenvalue weighted by atomic mass is 9.95.